The molecular formula is C6H9N3O2. The van der Waals surface area contributed by atoms with E-state index in [4.69, 9.17) is 5.11 Å². The fourth-order valence-corrected chi connectivity index (χ4v) is 0.805. The van der Waals surface area contributed by atoms with E-state index >= 15 is 0 Å². The van der Waals surface area contributed by atoms with Crippen molar-refractivity contribution in [1.29, 1.82) is 0 Å². The van der Waals surface area contributed by atoms with Crippen molar-refractivity contribution in [3.8, 4) is 0 Å². The molecule has 0 aliphatic heterocycles. The number of carboxylic acid groups (broad SMARTS) is 1. The SMILES string of the molecule is CNc1nc(C(=O)O)[nH]c1C. The summed E-state index contributed by atoms with van der Waals surface area (Å²) < 4.78 is 0. The normalized spacial score (nSPS) is 9.64. The monoisotopic (exact) mass is 155 g/mol. The maximum atomic E-state index is 10.4. The first-order valence-electron chi connectivity index (χ1n) is 3.12. The molecule has 5 heteroatoms. The highest BCUT2D eigenvalue weighted by Gasteiger charge is 2.09. The van der Waals surface area contributed by atoms with Crippen molar-refractivity contribution in [1.82, 2.24) is 9.97 Å². The van der Waals surface area contributed by atoms with Gasteiger partial charge < -0.3 is 15.4 Å². The number of H-pyrrole nitrogens is 1. The molecule has 60 valence electrons. The molecule has 5 nitrogen and oxygen atoms in total. The van der Waals surface area contributed by atoms with E-state index < -0.39 is 5.97 Å². The first kappa shape index (κ1) is 7.59. The van der Waals surface area contributed by atoms with Crippen LogP contribution in [0.5, 0.6) is 0 Å². The summed E-state index contributed by atoms with van der Waals surface area (Å²) >= 11 is 0. The Morgan fingerprint density at radius 3 is 2.64 bits per heavy atom. The zero-order chi connectivity index (χ0) is 8.43. The number of carboxylic acids is 1. The van der Waals surface area contributed by atoms with Gasteiger partial charge in [-0.15, -0.1) is 0 Å². The topological polar surface area (TPSA) is 78.0 Å². The van der Waals surface area contributed by atoms with Crippen LogP contribution in [0.3, 0.4) is 0 Å². The standard InChI is InChI=1S/C6H9N3O2/c1-3-4(7-2)9-5(8-3)6(10)11/h7H,1-2H3,(H,8,9)(H,10,11). The third kappa shape index (κ3) is 1.31. The number of imidazole rings is 1. The first-order valence-corrected chi connectivity index (χ1v) is 3.12. The number of nitrogens with zero attached hydrogens (tertiary/aromatic N) is 1. The van der Waals surface area contributed by atoms with Crippen molar-refractivity contribution >= 4 is 11.8 Å². The Bertz CT molecular complexity index is 279. The van der Waals surface area contributed by atoms with E-state index in [1.807, 2.05) is 0 Å². The third-order valence-corrected chi connectivity index (χ3v) is 1.32. The van der Waals surface area contributed by atoms with Crippen molar-refractivity contribution < 1.29 is 9.90 Å². The predicted molar refractivity (Wildman–Crippen MR) is 39.8 cm³/mol. The van der Waals surface area contributed by atoms with Gasteiger partial charge in [-0.3, -0.25) is 0 Å². The summed E-state index contributed by atoms with van der Waals surface area (Å²) in [6.07, 6.45) is 0. The van der Waals surface area contributed by atoms with E-state index in [0.717, 1.165) is 5.69 Å². The van der Waals surface area contributed by atoms with Crippen molar-refractivity contribution in [2.24, 2.45) is 0 Å². The molecule has 0 atom stereocenters. The van der Waals surface area contributed by atoms with E-state index in [-0.39, 0.29) is 5.82 Å². The Hall–Kier alpha value is -1.52. The number of aromatic carboxylic acids is 1. The van der Waals surface area contributed by atoms with Crippen LogP contribution in [0.25, 0.3) is 0 Å². The lowest BCUT2D eigenvalue weighted by atomic mass is 10.5. The number of carbonyl (C=O) groups is 1. The average Bonchev–Trinajstić information content (AvgIpc) is 2.31. The Morgan fingerprint density at radius 1 is 1.73 bits per heavy atom. The highest BCUT2D eigenvalue weighted by Crippen LogP contribution is 2.09. The molecule has 3 N–H and O–H groups in total. The molecule has 1 heterocycles. The van der Waals surface area contributed by atoms with Crippen molar-refractivity contribution in [2.75, 3.05) is 12.4 Å². The van der Waals surface area contributed by atoms with E-state index in [2.05, 4.69) is 15.3 Å². The molecule has 0 saturated carbocycles. The number of anilines is 1. The van der Waals surface area contributed by atoms with Gasteiger partial charge in [0.25, 0.3) is 0 Å². The highest BCUT2D eigenvalue weighted by atomic mass is 16.4. The summed E-state index contributed by atoms with van der Waals surface area (Å²) in [5, 5.41) is 11.3. The van der Waals surface area contributed by atoms with Crippen molar-refractivity contribution in [3.05, 3.63) is 11.5 Å². The third-order valence-electron chi connectivity index (χ3n) is 1.32. The number of nitrogens with one attached hydrogen (secondary N) is 2. The number of hydrogen-bond donors (Lipinski definition) is 3. The number of aromatic amines is 1. The summed E-state index contributed by atoms with van der Waals surface area (Å²) in [4.78, 5) is 16.7. The van der Waals surface area contributed by atoms with Crippen LogP contribution in [0.4, 0.5) is 5.82 Å². The maximum Gasteiger partial charge on any atom is 0.371 e. The predicted octanol–water partition coefficient (Wildman–Crippen LogP) is 0.458. The molecule has 0 unspecified atom stereocenters. The molecule has 0 fully saturated rings. The Morgan fingerprint density at radius 2 is 2.36 bits per heavy atom. The molecule has 1 aromatic heterocycles. The van der Waals surface area contributed by atoms with Gasteiger partial charge in [0.05, 0.1) is 5.69 Å². The van der Waals surface area contributed by atoms with Crippen molar-refractivity contribution in [2.45, 2.75) is 6.92 Å². The van der Waals surface area contributed by atoms with Crippen LogP contribution < -0.4 is 5.32 Å². The minimum atomic E-state index is -1.05. The summed E-state index contributed by atoms with van der Waals surface area (Å²) in [6, 6.07) is 0. The second-order valence-electron chi connectivity index (χ2n) is 2.11. The molecule has 11 heavy (non-hydrogen) atoms. The van der Waals surface area contributed by atoms with Gasteiger partial charge in [-0.05, 0) is 6.92 Å². The summed E-state index contributed by atoms with van der Waals surface area (Å²) in [6.45, 7) is 1.76. The molecule has 0 aliphatic rings. The fourth-order valence-electron chi connectivity index (χ4n) is 0.805. The number of hydrogen-bond acceptors (Lipinski definition) is 3. The van der Waals surface area contributed by atoms with Gasteiger partial charge in [0, 0.05) is 7.05 Å². The maximum absolute atomic E-state index is 10.4. The van der Waals surface area contributed by atoms with Crippen LogP contribution in [-0.2, 0) is 0 Å². The Labute approximate surface area is 63.5 Å². The Balaban J connectivity index is 3.05. The van der Waals surface area contributed by atoms with Crippen molar-refractivity contribution in [3.63, 3.8) is 0 Å². The molecule has 0 aliphatic carbocycles. The van der Waals surface area contributed by atoms with Crippen LogP contribution in [0.1, 0.15) is 16.3 Å². The van der Waals surface area contributed by atoms with Crippen LogP contribution >= 0.6 is 0 Å². The largest absolute Gasteiger partial charge is 0.475 e. The molecule has 0 radical (unpaired) electrons. The first-order chi connectivity index (χ1) is 5.15. The molecule has 0 bridgehead atoms. The van der Waals surface area contributed by atoms with E-state index in [1.54, 1.807) is 14.0 Å². The number of aryl methyl sites for hydroxylation is 1. The van der Waals surface area contributed by atoms with E-state index in [9.17, 15) is 4.79 Å². The summed E-state index contributed by atoms with van der Waals surface area (Å²) in [7, 11) is 1.69. The quantitative estimate of drug-likeness (QED) is 0.579. The van der Waals surface area contributed by atoms with E-state index in [1.165, 1.54) is 0 Å². The lowest BCUT2D eigenvalue weighted by Gasteiger charge is -1.90. The minimum Gasteiger partial charge on any atom is -0.475 e. The second kappa shape index (κ2) is 2.61. The Kier molecular flexibility index (Phi) is 1.80. The van der Waals surface area contributed by atoms with Gasteiger partial charge in [0.15, 0.2) is 0 Å². The van der Waals surface area contributed by atoms with Crippen LogP contribution in [-0.4, -0.2) is 28.1 Å². The molecule has 0 spiro atoms. The molecule has 0 aromatic carbocycles. The van der Waals surface area contributed by atoms with E-state index in [0.29, 0.717) is 5.82 Å². The van der Waals surface area contributed by atoms with Crippen LogP contribution in [0, 0.1) is 6.92 Å². The minimum absolute atomic E-state index is 0.0353. The zero-order valence-corrected chi connectivity index (χ0v) is 6.30. The van der Waals surface area contributed by atoms with Crippen LogP contribution in [0.15, 0.2) is 0 Å². The highest BCUT2D eigenvalue weighted by molar-refractivity contribution is 5.84. The van der Waals surface area contributed by atoms with Gasteiger partial charge in [0.1, 0.15) is 5.82 Å². The summed E-state index contributed by atoms with van der Waals surface area (Å²) in [5.74, 6) is -0.510. The summed E-state index contributed by atoms with van der Waals surface area (Å²) in [5.41, 5.74) is 0.727. The number of aromatic nitrogens is 2. The van der Waals surface area contributed by atoms with Crippen LogP contribution in [0.2, 0.25) is 0 Å². The molecule has 0 amide bonds. The van der Waals surface area contributed by atoms with Gasteiger partial charge in [-0.25, -0.2) is 9.78 Å². The average molecular weight is 155 g/mol. The zero-order valence-electron chi connectivity index (χ0n) is 6.30. The van der Waals surface area contributed by atoms with Gasteiger partial charge >= 0.3 is 5.97 Å². The molecular weight excluding hydrogens is 146 g/mol. The number of rotatable bonds is 2. The van der Waals surface area contributed by atoms with Gasteiger partial charge in [-0.2, -0.15) is 0 Å². The lowest BCUT2D eigenvalue weighted by Crippen LogP contribution is -1.98. The molecule has 1 aromatic rings. The molecule has 1 rings (SSSR count). The lowest BCUT2D eigenvalue weighted by molar-refractivity contribution is 0.0684. The van der Waals surface area contributed by atoms with Gasteiger partial charge in [-0.1, -0.05) is 0 Å². The fraction of sp³-hybridized carbons (Fsp3) is 0.333. The smallest absolute Gasteiger partial charge is 0.371 e. The molecule has 0 saturated heterocycles. The second-order valence-corrected chi connectivity index (χ2v) is 2.11. The van der Waals surface area contributed by atoms with Gasteiger partial charge in [0.2, 0.25) is 5.82 Å².